The molecule has 1 aromatic carbocycles. The second kappa shape index (κ2) is 6.59. The SMILES string of the molecule is CCOC(=O)N=NC(=O)Nc1ccc(Cl)cc1. The van der Waals surface area contributed by atoms with Crippen LogP contribution in [0.15, 0.2) is 34.5 Å². The summed E-state index contributed by atoms with van der Waals surface area (Å²) in [4.78, 5) is 22.0. The smallest absolute Gasteiger partial charge is 0.447 e. The lowest BCUT2D eigenvalue weighted by atomic mass is 10.3. The molecule has 0 fully saturated rings. The summed E-state index contributed by atoms with van der Waals surface area (Å²) >= 11 is 5.67. The molecule has 0 radical (unpaired) electrons. The van der Waals surface area contributed by atoms with Crippen molar-refractivity contribution >= 4 is 29.4 Å². The highest BCUT2D eigenvalue weighted by Crippen LogP contribution is 2.13. The van der Waals surface area contributed by atoms with Gasteiger partial charge in [-0.1, -0.05) is 21.8 Å². The Labute approximate surface area is 103 Å². The molecule has 1 rings (SSSR count). The van der Waals surface area contributed by atoms with Gasteiger partial charge in [-0.05, 0) is 31.2 Å². The number of halogens is 1. The van der Waals surface area contributed by atoms with Crippen LogP contribution in [0.5, 0.6) is 0 Å². The summed E-state index contributed by atoms with van der Waals surface area (Å²) in [6.07, 6.45) is -0.904. The Balaban J connectivity index is 2.49. The van der Waals surface area contributed by atoms with Gasteiger partial charge in [0.25, 0.3) is 0 Å². The molecule has 0 aromatic heterocycles. The minimum Gasteiger partial charge on any atom is -0.447 e. The van der Waals surface area contributed by atoms with Gasteiger partial charge in [-0.15, -0.1) is 0 Å². The van der Waals surface area contributed by atoms with Crippen molar-refractivity contribution < 1.29 is 14.3 Å². The predicted octanol–water partition coefficient (Wildman–Crippen LogP) is 3.48. The number of azo groups is 1. The first kappa shape index (κ1) is 13.1. The Morgan fingerprint density at radius 2 is 1.94 bits per heavy atom. The molecule has 0 unspecified atom stereocenters. The van der Waals surface area contributed by atoms with Crippen LogP contribution in [0.3, 0.4) is 0 Å². The average Bonchev–Trinajstić information content (AvgIpc) is 2.30. The summed E-state index contributed by atoms with van der Waals surface area (Å²) in [6.45, 7) is 1.80. The van der Waals surface area contributed by atoms with Crippen LogP contribution in [0, 0.1) is 0 Å². The lowest BCUT2D eigenvalue weighted by molar-refractivity contribution is 0.161. The van der Waals surface area contributed by atoms with Crippen molar-refractivity contribution in [2.45, 2.75) is 6.92 Å². The molecular formula is C10H10ClN3O3. The number of ether oxygens (including phenoxy) is 1. The summed E-state index contributed by atoms with van der Waals surface area (Å²) in [5.41, 5.74) is 0.502. The van der Waals surface area contributed by atoms with E-state index in [2.05, 4.69) is 20.3 Å². The number of carbonyl (C=O) groups is 2. The van der Waals surface area contributed by atoms with Gasteiger partial charge < -0.3 is 10.1 Å². The van der Waals surface area contributed by atoms with Gasteiger partial charge in [0.1, 0.15) is 0 Å². The highest BCUT2D eigenvalue weighted by Gasteiger charge is 2.02. The van der Waals surface area contributed by atoms with Crippen molar-refractivity contribution in [3.8, 4) is 0 Å². The molecule has 90 valence electrons. The fourth-order valence-corrected chi connectivity index (χ4v) is 1.05. The van der Waals surface area contributed by atoms with E-state index in [1.165, 1.54) is 0 Å². The number of carbonyl (C=O) groups excluding carboxylic acids is 2. The van der Waals surface area contributed by atoms with E-state index in [4.69, 9.17) is 11.6 Å². The highest BCUT2D eigenvalue weighted by molar-refractivity contribution is 6.30. The molecular weight excluding hydrogens is 246 g/mol. The Bertz CT molecular complexity index is 431. The second-order valence-corrected chi connectivity index (χ2v) is 3.27. The van der Waals surface area contributed by atoms with Gasteiger partial charge in [-0.3, -0.25) is 0 Å². The Morgan fingerprint density at radius 3 is 2.53 bits per heavy atom. The number of benzene rings is 1. The van der Waals surface area contributed by atoms with Gasteiger partial charge in [0.05, 0.1) is 6.61 Å². The molecule has 0 bridgehead atoms. The van der Waals surface area contributed by atoms with E-state index >= 15 is 0 Å². The number of amides is 3. The largest absolute Gasteiger partial charge is 0.452 e. The zero-order valence-electron chi connectivity index (χ0n) is 9.01. The first-order valence-electron chi connectivity index (χ1n) is 4.77. The van der Waals surface area contributed by atoms with Crippen LogP contribution in [0.4, 0.5) is 15.3 Å². The fraction of sp³-hybridized carbons (Fsp3) is 0.200. The van der Waals surface area contributed by atoms with Crippen molar-refractivity contribution in [2.24, 2.45) is 10.2 Å². The third-order valence-electron chi connectivity index (χ3n) is 1.59. The molecule has 0 saturated heterocycles. The molecule has 3 amide bonds. The molecule has 0 aliphatic heterocycles. The molecule has 1 aromatic rings. The van der Waals surface area contributed by atoms with Crippen LogP contribution in [0.25, 0.3) is 0 Å². The number of urea groups is 1. The predicted molar refractivity (Wildman–Crippen MR) is 62.3 cm³/mol. The van der Waals surface area contributed by atoms with Gasteiger partial charge in [0.2, 0.25) is 0 Å². The summed E-state index contributed by atoms with van der Waals surface area (Å²) in [6, 6.07) is 5.65. The van der Waals surface area contributed by atoms with E-state index in [1.54, 1.807) is 31.2 Å². The highest BCUT2D eigenvalue weighted by atomic mass is 35.5. The first-order valence-corrected chi connectivity index (χ1v) is 5.14. The van der Waals surface area contributed by atoms with Crippen LogP contribution in [0.1, 0.15) is 6.92 Å². The lowest BCUT2D eigenvalue weighted by Crippen LogP contribution is -2.06. The zero-order valence-corrected chi connectivity index (χ0v) is 9.77. The van der Waals surface area contributed by atoms with Crippen molar-refractivity contribution in [3.63, 3.8) is 0 Å². The fourth-order valence-electron chi connectivity index (χ4n) is 0.920. The van der Waals surface area contributed by atoms with E-state index in [0.717, 1.165) is 0 Å². The van der Waals surface area contributed by atoms with E-state index < -0.39 is 12.1 Å². The summed E-state index contributed by atoms with van der Waals surface area (Å²) < 4.78 is 4.46. The van der Waals surface area contributed by atoms with Crippen LogP contribution < -0.4 is 5.32 Å². The number of hydrogen-bond donors (Lipinski definition) is 1. The molecule has 0 atom stereocenters. The Morgan fingerprint density at radius 1 is 1.29 bits per heavy atom. The van der Waals surface area contributed by atoms with E-state index in [1.807, 2.05) is 0 Å². The molecule has 0 heterocycles. The third kappa shape index (κ3) is 5.07. The minimum atomic E-state index is -0.904. The Kier molecular flexibility index (Phi) is 5.09. The normalized spacial score (nSPS) is 10.2. The van der Waals surface area contributed by atoms with Gasteiger partial charge >= 0.3 is 12.1 Å². The van der Waals surface area contributed by atoms with Crippen molar-refractivity contribution in [3.05, 3.63) is 29.3 Å². The zero-order chi connectivity index (χ0) is 12.7. The Hall–Kier alpha value is -1.95. The van der Waals surface area contributed by atoms with E-state index in [9.17, 15) is 9.59 Å². The van der Waals surface area contributed by atoms with Crippen LogP contribution in [-0.2, 0) is 4.74 Å². The van der Waals surface area contributed by atoms with Crippen molar-refractivity contribution in [2.75, 3.05) is 11.9 Å². The van der Waals surface area contributed by atoms with Gasteiger partial charge in [-0.25, -0.2) is 9.59 Å². The topological polar surface area (TPSA) is 80.1 Å². The molecule has 0 aliphatic rings. The monoisotopic (exact) mass is 255 g/mol. The molecule has 0 spiro atoms. The van der Waals surface area contributed by atoms with Crippen molar-refractivity contribution in [1.82, 2.24) is 0 Å². The van der Waals surface area contributed by atoms with E-state index in [-0.39, 0.29) is 6.61 Å². The molecule has 6 nitrogen and oxygen atoms in total. The maximum atomic E-state index is 11.2. The maximum absolute atomic E-state index is 11.2. The number of nitrogens with zero attached hydrogens (tertiary/aromatic N) is 2. The quantitative estimate of drug-likeness (QED) is 0.822. The summed E-state index contributed by atoms with van der Waals surface area (Å²) in [5, 5.41) is 9.13. The van der Waals surface area contributed by atoms with Crippen LogP contribution in [0.2, 0.25) is 5.02 Å². The van der Waals surface area contributed by atoms with Gasteiger partial charge in [-0.2, -0.15) is 0 Å². The lowest BCUT2D eigenvalue weighted by Gasteiger charge is -1.99. The minimum absolute atomic E-state index is 0.177. The first-order chi connectivity index (χ1) is 8.11. The average molecular weight is 256 g/mol. The van der Waals surface area contributed by atoms with Crippen LogP contribution in [-0.4, -0.2) is 18.7 Å². The number of rotatable bonds is 2. The molecule has 7 heteroatoms. The number of anilines is 1. The molecule has 0 saturated carbocycles. The van der Waals surface area contributed by atoms with Gasteiger partial charge in [0.15, 0.2) is 0 Å². The van der Waals surface area contributed by atoms with Crippen LogP contribution >= 0.6 is 11.6 Å². The summed E-state index contributed by atoms with van der Waals surface area (Å²) in [5.74, 6) is 0. The summed E-state index contributed by atoms with van der Waals surface area (Å²) in [7, 11) is 0. The molecule has 0 aliphatic carbocycles. The molecule has 1 N–H and O–H groups in total. The number of hydrogen-bond acceptors (Lipinski definition) is 3. The standard InChI is InChI=1S/C10H10ClN3O3/c1-2-17-10(16)14-13-9(15)12-8-5-3-7(11)4-6-8/h3-6H,2H2,1H3,(H,12,15). The maximum Gasteiger partial charge on any atom is 0.452 e. The van der Waals surface area contributed by atoms with E-state index in [0.29, 0.717) is 10.7 Å². The van der Waals surface area contributed by atoms with Gasteiger partial charge in [0, 0.05) is 10.7 Å². The molecule has 17 heavy (non-hydrogen) atoms. The third-order valence-corrected chi connectivity index (χ3v) is 1.84. The second-order valence-electron chi connectivity index (χ2n) is 2.84. The van der Waals surface area contributed by atoms with Crippen molar-refractivity contribution in [1.29, 1.82) is 0 Å². The number of nitrogens with one attached hydrogen (secondary N) is 1.